The number of nitrogens with zero attached hydrogens (tertiary/aromatic N) is 4. The van der Waals surface area contributed by atoms with Gasteiger partial charge in [-0.1, -0.05) is 34.8 Å². The van der Waals surface area contributed by atoms with Crippen molar-refractivity contribution >= 4 is 45.7 Å². The number of methoxy groups -OCH3 is 1. The number of pyridine rings is 1. The van der Waals surface area contributed by atoms with Gasteiger partial charge in [-0.15, -0.1) is 5.10 Å². The molecule has 0 bridgehead atoms. The smallest absolute Gasteiger partial charge is 0.347 e. The minimum Gasteiger partial charge on any atom is -0.480 e. The van der Waals surface area contributed by atoms with Gasteiger partial charge in [0, 0.05) is 17.3 Å². The Morgan fingerprint density at radius 1 is 1.15 bits per heavy atom. The van der Waals surface area contributed by atoms with E-state index in [1.165, 1.54) is 23.9 Å². The van der Waals surface area contributed by atoms with Crippen molar-refractivity contribution in [2.75, 3.05) is 7.11 Å². The minimum atomic E-state index is -0.641. The Bertz CT molecular complexity index is 1240. The van der Waals surface area contributed by atoms with Crippen molar-refractivity contribution < 1.29 is 9.15 Å². The Morgan fingerprint density at radius 2 is 1.96 bits per heavy atom. The van der Waals surface area contributed by atoms with Crippen LogP contribution in [0, 0.1) is 0 Å². The highest BCUT2D eigenvalue weighted by Gasteiger charge is 2.20. The molecule has 4 aromatic rings. The van der Waals surface area contributed by atoms with Crippen molar-refractivity contribution in [1.82, 2.24) is 19.7 Å². The van der Waals surface area contributed by atoms with Crippen LogP contribution in [0.15, 0.2) is 45.7 Å². The molecular weight excluding hydrogens is 415 g/mol. The molecule has 0 N–H and O–H groups in total. The second kappa shape index (κ2) is 6.84. The molecule has 3 aromatic heterocycles. The van der Waals surface area contributed by atoms with Gasteiger partial charge >= 0.3 is 5.63 Å². The summed E-state index contributed by atoms with van der Waals surface area (Å²) >= 11 is 18.4. The molecule has 0 amide bonds. The lowest BCUT2D eigenvalue weighted by Gasteiger charge is -2.07. The molecule has 136 valence electrons. The van der Waals surface area contributed by atoms with Crippen LogP contribution in [0.5, 0.6) is 5.88 Å². The Morgan fingerprint density at radius 3 is 2.70 bits per heavy atom. The van der Waals surface area contributed by atoms with Gasteiger partial charge in [-0.25, -0.2) is 19.4 Å². The normalized spacial score (nSPS) is 11.1. The first-order valence-electron chi connectivity index (χ1n) is 7.53. The molecule has 27 heavy (non-hydrogen) atoms. The molecule has 1 aromatic carbocycles. The molecule has 7 nitrogen and oxygen atoms in total. The zero-order chi connectivity index (χ0) is 19.1. The van der Waals surface area contributed by atoms with Crippen molar-refractivity contribution in [3.8, 4) is 23.3 Å². The van der Waals surface area contributed by atoms with Crippen LogP contribution in [0.4, 0.5) is 0 Å². The number of aromatic nitrogens is 4. The van der Waals surface area contributed by atoms with Crippen LogP contribution < -0.4 is 10.4 Å². The van der Waals surface area contributed by atoms with Gasteiger partial charge in [-0.2, -0.15) is 0 Å². The van der Waals surface area contributed by atoms with E-state index in [0.717, 1.165) is 0 Å². The van der Waals surface area contributed by atoms with Crippen LogP contribution in [0.3, 0.4) is 0 Å². The lowest BCUT2D eigenvalue weighted by Crippen LogP contribution is -2.07. The fourth-order valence-electron chi connectivity index (χ4n) is 2.52. The fraction of sp³-hybridized carbons (Fsp3) is 0.0588. The van der Waals surface area contributed by atoms with Gasteiger partial charge in [0.05, 0.1) is 22.5 Å². The first-order valence-corrected chi connectivity index (χ1v) is 8.66. The molecule has 10 heteroatoms. The Labute approximate surface area is 167 Å². The van der Waals surface area contributed by atoms with Gasteiger partial charge in [0.15, 0.2) is 5.82 Å². The maximum absolute atomic E-state index is 12.4. The molecule has 0 fully saturated rings. The van der Waals surface area contributed by atoms with Gasteiger partial charge in [0.25, 0.3) is 0 Å². The number of fused-ring (bicyclic) bond motifs is 1. The monoisotopic (exact) mass is 422 g/mol. The van der Waals surface area contributed by atoms with Gasteiger partial charge in [0.2, 0.25) is 11.8 Å². The molecular formula is C17H9Cl3N4O3. The molecule has 0 aliphatic carbocycles. The molecule has 0 saturated heterocycles. The molecule has 0 radical (unpaired) electrons. The number of ether oxygens (including phenoxy) is 1. The van der Waals surface area contributed by atoms with Gasteiger partial charge < -0.3 is 9.15 Å². The lowest BCUT2D eigenvalue weighted by molar-refractivity contribution is 0.394. The number of hydrogen-bond acceptors (Lipinski definition) is 6. The van der Waals surface area contributed by atoms with E-state index in [2.05, 4.69) is 15.1 Å². The fourth-order valence-corrected chi connectivity index (χ4v) is 3.26. The molecule has 0 atom stereocenters. The van der Waals surface area contributed by atoms with Crippen molar-refractivity contribution in [2.45, 2.75) is 0 Å². The highest BCUT2D eigenvalue weighted by atomic mass is 35.5. The highest BCUT2D eigenvalue weighted by Crippen LogP contribution is 2.30. The maximum atomic E-state index is 12.4. The van der Waals surface area contributed by atoms with Crippen LogP contribution in [-0.4, -0.2) is 26.9 Å². The van der Waals surface area contributed by atoms with Crippen molar-refractivity contribution in [3.63, 3.8) is 0 Å². The van der Waals surface area contributed by atoms with E-state index in [-0.39, 0.29) is 27.7 Å². The van der Waals surface area contributed by atoms with E-state index >= 15 is 0 Å². The maximum Gasteiger partial charge on any atom is 0.347 e. The molecule has 0 spiro atoms. The summed E-state index contributed by atoms with van der Waals surface area (Å²) in [5, 5.41) is 5.32. The predicted octanol–water partition coefficient (Wildman–Crippen LogP) is 4.40. The van der Waals surface area contributed by atoms with Crippen LogP contribution in [0.25, 0.3) is 28.3 Å². The van der Waals surface area contributed by atoms with Crippen LogP contribution in [-0.2, 0) is 0 Å². The Kier molecular flexibility index (Phi) is 4.51. The number of halogens is 3. The van der Waals surface area contributed by atoms with Crippen molar-refractivity contribution in [1.29, 1.82) is 0 Å². The summed E-state index contributed by atoms with van der Waals surface area (Å²) in [5.74, 6) is 0.567. The summed E-state index contributed by atoms with van der Waals surface area (Å²) < 4.78 is 11.9. The third-order valence-electron chi connectivity index (χ3n) is 3.71. The van der Waals surface area contributed by atoms with Crippen molar-refractivity contribution in [3.05, 3.63) is 62.0 Å². The van der Waals surface area contributed by atoms with Gasteiger partial charge in [0.1, 0.15) is 11.2 Å². The number of hydrogen-bond donors (Lipinski definition) is 0. The quantitative estimate of drug-likeness (QED) is 0.485. The molecule has 4 rings (SSSR count). The topological polar surface area (TPSA) is 83.0 Å². The molecule has 0 aliphatic rings. The van der Waals surface area contributed by atoms with Crippen LogP contribution >= 0.6 is 34.8 Å². The Hall–Kier alpha value is -2.61. The third kappa shape index (κ3) is 3.14. The Balaban J connectivity index is 2.01. The predicted molar refractivity (Wildman–Crippen MR) is 102 cm³/mol. The van der Waals surface area contributed by atoms with E-state index < -0.39 is 5.63 Å². The number of rotatable bonds is 3. The summed E-state index contributed by atoms with van der Waals surface area (Å²) in [4.78, 5) is 21.0. The second-order valence-electron chi connectivity index (χ2n) is 5.38. The average molecular weight is 424 g/mol. The zero-order valence-corrected chi connectivity index (χ0v) is 15.9. The first-order chi connectivity index (χ1) is 13.0. The lowest BCUT2D eigenvalue weighted by atomic mass is 10.2. The summed E-state index contributed by atoms with van der Waals surface area (Å²) in [6.45, 7) is 0. The summed E-state index contributed by atoms with van der Waals surface area (Å²) in [5.41, 5.74) is -0.0677. The van der Waals surface area contributed by atoms with Gasteiger partial charge in [-0.05, 0) is 24.3 Å². The highest BCUT2D eigenvalue weighted by molar-refractivity contribution is 6.38. The van der Waals surface area contributed by atoms with Crippen molar-refractivity contribution in [2.24, 2.45) is 0 Å². The molecule has 0 saturated carbocycles. The first kappa shape index (κ1) is 17.8. The van der Waals surface area contributed by atoms with E-state index in [1.807, 2.05) is 0 Å². The molecule has 0 aliphatic heterocycles. The molecule has 0 unspecified atom stereocenters. The average Bonchev–Trinajstić information content (AvgIpc) is 3.07. The van der Waals surface area contributed by atoms with Crippen LogP contribution in [0.1, 0.15) is 0 Å². The van der Waals surface area contributed by atoms with Crippen LogP contribution in [0.2, 0.25) is 15.1 Å². The second-order valence-corrected chi connectivity index (χ2v) is 6.63. The standard InChI is InChI=1S/C17H9Cl3N4O3/c1-26-13-7-12(24(23-13)15-10(19)3-2-4-21-15)16-22-14-9(17(25)27-16)5-8(18)6-11(14)20/h2-7H,1H3. The zero-order valence-electron chi connectivity index (χ0n) is 13.6. The van der Waals surface area contributed by atoms with E-state index in [9.17, 15) is 4.79 Å². The number of benzene rings is 1. The summed E-state index contributed by atoms with van der Waals surface area (Å²) in [7, 11) is 1.46. The van der Waals surface area contributed by atoms with E-state index in [0.29, 0.717) is 21.6 Å². The third-order valence-corrected chi connectivity index (χ3v) is 4.51. The van der Waals surface area contributed by atoms with E-state index in [1.54, 1.807) is 24.4 Å². The largest absolute Gasteiger partial charge is 0.480 e. The van der Waals surface area contributed by atoms with E-state index in [4.69, 9.17) is 44.0 Å². The summed E-state index contributed by atoms with van der Waals surface area (Å²) in [6.07, 6.45) is 1.56. The molecule has 3 heterocycles. The summed E-state index contributed by atoms with van der Waals surface area (Å²) in [6, 6.07) is 7.83. The SMILES string of the molecule is COc1cc(-c2nc3c(Cl)cc(Cl)cc3c(=O)o2)n(-c2ncccc2Cl)n1. The minimum absolute atomic E-state index is 0.0192. The van der Waals surface area contributed by atoms with Gasteiger partial charge in [-0.3, -0.25) is 0 Å².